The van der Waals surface area contributed by atoms with Crippen molar-refractivity contribution < 1.29 is 19.4 Å². The highest BCUT2D eigenvalue weighted by Gasteiger charge is 2.25. The molecule has 3 unspecified atom stereocenters. The van der Waals surface area contributed by atoms with E-state index in [1.165, 1.54) is 12.8 Å². The van der Waals surface area contributed by atoms with E-state index in [-0.39, 0.29) is 18.4 Å². The lowest BCUT2D eigenvalue weighted by atomic mass is 9.83. The monoisotopic (exact) mass is 350 g/mol. The molecule has 3 atom stereocenters. The van der Waals surface area contributed by atoms with Crippen molar-refractivity contribution in [3.05, 3.63) is 24.3 Å². The van der Waals surface area contributed by atoms with E-state index in [1.807, 2.05) is 0 Å². The van der Waals surface area contributed by atoms with Crippen LogP contribution in [-0.4, -0.2) is 23.7 Å². The molecule has 1 N–H and O–H groups in total. The Morgan fingerprint density at radius 1 is 1.16 bits per heavy atom. The maximum atomic E-state index is 10.8. The van der Waals surface area contributed by atoms with Gasteiger partial charge in [-0.25, -0.2) is 0 Å². The zero-order chi connectivity index (χ0) is 18.3. The summed E-state index contributed by atoms with van der Waals surface area (Å²) in [5.41, 5.74) is 0. The molecule has 25 heavy (non-hydrogen) atoms. The average Bonchev–Trinajstić information content (AvgIpc) is 2.59. The lowest BCUT2D eigenvalue weighted by Gasteiger charge is -2.29. The first-order valence-electron chi connectivity index (χ1n) is 9.83. The van der Waals surface area contributed by atoms with Crippen molar-refractivity contribution in [2.75, 3.05) is 0 Å². The molecule has 0 radical (unpaired) electrons. The maximum Gasteiger partial charge on any atom is 0.303 e. The minimum Gasteiger partial charge on any atom is -0.481 e. The van der Waals surface area contributed by atoms with E-state index in [0.29, 0.717) is 12.4 Å². The second-order valence-electron chi connectivity index (χ2n) is 7.00. The summed E-state index contributed by atoms with van der Waals surface area (Å²) in [5, 5.41) is 8.61. The third-order valence-corrected chi connectivity index (χ3v) is 4.85. The number of hydrogen-bond acceptors (Lipinski definition) is 3. The molecular formula is C21H34O4. The quantitative estimate of drug-likeness (QED) is 0.263. The van der Waals surface area contributed by atoms with E-state index in [4.69, 9.17) is 9.84 Å². The molecule has 0 saturated heterocycles. The summed E-state index contributed by atoms with van der Waals surface area (Å²) >= 11 is 0. The van der Waals surface area contributed by atoms with Crippen molar-refractivity contribution in [3.63, 3.8) is 0 Å². The molecule has 142 valence electrons. The molecule has 0 saturated carbocycles. The van der Waals surface area contributed by atoms with Gasteiger partial charge in [0.2, 0.25) is 0 Å². The van der Waals surface area contributed by atoms with Crippen molar-refractivity contribution >= 4 is 12.4 Å². The van der Waals surface area contributed by atoms with E-state index in [0.717, 1.165) is 51.4 Å². The van der Waals surface area contributed by atoms with Gasteiger partial charge in [0.15, 0.2) is 0 Å². The summed E-state index contributed by atoms with van der Waals surface area (Å²) in [6, 6.07) is 0. The number of carboxylic acids is 1. The van der Waals surface area contributed by atoms with Crippen molar-refractivity contribution in [2.45, 2.75) is 83.7 Å². The van der Waals surface area contributed by atoms with Crippen LogP contribution in [0.4, 0.5) is 0 Å². The lowest BCUT2D eigenvalue weighted by molar-refractivity contribution is -0.137. The Bertz CT molecular complexity index is 428. The summed E-state index contributed by atoms with van der Waals surface area (Å²) < 4.78 is 5.33. The van der Waals surface area contributed by atoms with Crippen LogP contribution in [0.2, 0.25) is 0 Å². The molecule has 0 aromatic carbocycles. The number of hydrogen-bond donors (Lipinski definition) is 1. The van der Waals surface area contributed by atoms with Crippen LogP contribution in [0.15, 0.2) is 24.3 Å². The van der Waals surface area contributed by atoms with Crippen LogP contribution in [0.5, 0.6) is 0 Å². The molecule has 0 bridgehead atoms. The molecular weight excluding hydrogens is 316 g/mol. The van der Waals surface area contributed by atoms with E-state index < -0.39 is 5.97 Å². The Kier molecular flexibility index (Phi) is 11.7. The Morgan fingerprint density at radius 2 is 1.92 bits per heavy atom. The Balaban J connectivity index is 2.28. The van der Waals surface area contributed by atoms with Crippen LogP contribution in [0.3, 0.4) is 0 Å². The second kappa shape index (κ2) is 13.7. The van der Waals surface area contributed by atoms with Crippen LogP contribution >= 0.6 is 0 Å². The number of allylic oxidation sites excluding steroid dienone is 2. The average molecular weight is 350 g/mol. The highest BCUT2D eigenvalue weighted by atomic mass is 16.5. The highest BCUT2D eigenvalue weighted by Crippen LogP contribution is 2.29. The summed E-state index contributed by atoms with van der Waals surface area (Å²) in [6.45, 7) is 2.76. The fraction of sp³-hybridized carbons (Fsp3) is 0.714. The standard InChI is InChI=1S/C21H34O4/c1-2-3-4-9-12-19-15-14-18(16-20(19)25-17-22)11-8-6-5-7-10-13-21(23)24/h9,12,14-15,17-20H,2-8,10-11,13,16H2,1H3,(H,23,24)/b12-9+. The van der Waals surface area contributed by atoms with Crippen LogP contribution in [0, 0.1) is 11.8 Å². The normalized spacial score (nSPS) is 23.0. The third kappa shape index (κ3) is 10.1. The number of carbonyl (C=O) groups excluding carboxylic acids is 1. The molecule has 0 fully saturated rings. The van der Waals surface area contributed by atoms with Crippen LogP contribution in [0.25, 0.3) is 0 Å². The first-order valence-corrected chi connectivity index (χ1v) is 9.83. The van der Waals surface area contributed by atoms with Gasteiger partial charge in [-0.05, 0) is 31.6 Å². The van der Waals surface area contributed by atoms with E-state index in [9.17, 15) is 9.59 Å². The number of ether oxygens (including phenoxy) is 1. The SMILES string of the molecule is CCCC/C=C/C1C=CC(CCCCCCCC(=O)O)CC1OC=O. The molecule has 0 aromatic rings. The van der Waals surface area contributed by atoms with Gasteiger partial charge >= 0.3 is 5.97 Å². The summed E-state index contributed by atoms with van der Waals surface area (Å²) in [7, 11) is 0. The zero-order valence-corrected chi connectivity index (χ0v) is 15.6. The molecule has 0 spiro atoms. The number of carbonyl (C=O) groups is 2. The first kappa shape index (κ1) is 21.5. The van der Waals surface area contributed by atoms with Gasteiger partial charge in [-0.15, -0.1) is 0 Å². The van der Waals surface area contributed by atoms with Crippen molar-refractivity contribution in [3.8, 4) is 0 Å². The molecule has 0 aliphatic heterocycles. The number of carboxylic acid groups (broad SMARTS) is 1. The predicted molar refractivity (Wildman–Crippen MR) is 100 cm³/mol. The second-order valence-corrected chi connectivity index (χ2v) is 7.00. The third-order valence-electron chi connectivity index (χ3n) is 4.85. The molecule has 4 heteroatoms. The smallest absolute Gasteiger partial charge is 0.303 e. The van der Waals surface area contributed by atoms with Gasteiger partial charge in [-0.1, -0.05) is 69.8 Å². The fourth-order valence-electron chi connectivity index (χ4n) is 3.35. The zero-order valence-electron chi connectivity index (χ0n) is 15.6. The molecule has 1 rings (SSSR count). The summed E-state index contributed by atoms with van der Waals surface area (Å²) in [6.07, 6.45) is 19.7. The number of rotatable bonds is 14. The van der Waals surface area contributed by atoms with Crippen LogP contribution in [0.1, 0.15) is 77.6 Å². The van der Waals surface area contributed by atoms with Crippen molar-refractivity contribution in [1.29, 1.82) is 0 Å². The van der Waals surface area contributed by atoms with Crippen molar-refractivity contribution in [2.24, 2.45) is 11.8 Å². The minimum absolute atomic E-state index is 0.0408. The van der Waals surface area contributed by atoms with Gasteiger partial charge in [-0.2, -0.15) is 0 Å². The fourth-order valence-corrected chi connectivity index (χ4v) is 3.35. The molecule has 1 aliphatic rings. The molecule has 4 nitrogen and oxygen atoms in total. The lowest BCUT2D eigenvalue weighted by Crippen LogP contribution is -2.27. The first-order chi connectivity index (χ1) is 12.2. The summed E-state index contributed by atoms with van der Waals surface area (Å²) in [5.74, 6) is -0.0227. The predicted octanol–water partition coefficient (Wildman–Crippen LogP) is 5.28. The number of aliphatic carboxylic acids is 1. The van der Waals surface area contributed by atoms with Gasteiger partial charge in [0.1, 0.15) is 6.10 Å². The summed E-state index contributed by atoms with van der Waals surface area (Å²) in [4.78, 5) is 21.3. The van der Waals surface area contributed by atoms with Gasteiger partial charge < -0.3 is 9.84 Å². The molecule has 0 heterocycles. The van der Waals surface area contributed by atoms with Gasteiger partial charge in [0.05, 0.1) is 0 Å². The Morgan fingerprint density at radius 3 is 2.64 bits per heavy atom. The molecule has 0 aromatic heterocycles. The topological polar surface area (TPSA) is 63.6 Å². The highest BCUT2D eigenvalue weighted by molar-refractivity contribution is 5.66. The number of unbranched alkanes of at least 4 members (excludes halogenated alkanes) is 6. The van der Waals surface area contributed by atoms with Crippen molar-refractivity contribution in [1.82, 2.24) is 0 Å². The van der Waals surface area contributed by atoms with E-state index in [1.54, 1.807) is 0 Å². The molecule has 0 amide bonds. The largest absolute Gasteiger partial charge is 0.481 e. The van der Waals surface area contributed by atoms with E-state index >= 15 is 0 Å². The van der Waals surface area contributed by atoms with Crippen LogP contribution in [-0.2, 0) is 14.3 Å². The Hall–Kier alpha value is -1.58. The van der Waals surface area contributed by atoms with Gasteiger partial charge in [0.25, 0.3) is 6.47 Å². The van der Waals surface area contributed by atoms with Gasteiger partial charge in [0, 0.05) is 12.3 Å². The van der Waals surface area contributed by atoms with E-state index in [2.05, 4.69) is 31.2 Å². The maximum absolute atomic E-state index is 10.8. The minimum atomic E-state index is -0.702. The van der Waals surface area contributed by atoms with Crippen LogP contribution < -0.4 is 0 Å². The molecule has 1 aliphatic carbocycles. The Labute approximate surface area is 152 Å². The van der Waals surface area contributed by atoms with Gasteiger partial charge in [-0.3, -0.25) is 9.59 Å².